The van der Waals surface area contributed by atoms with E-state index in [-0.39, 0.29) is 0 Å². The Morgan fingerprint density at radius 1 is 0.478 bits per heavy atom. The van der Waals surface area contributed by atoms with E-state index in [1.807, 2.05) is 12.1 Å². The fourth-order valence-corrected chi connectivity index (χ4v) is 7.37. The fraction of sp³-hybridized carbons (Fsp3) is 0.0455. The third-order valence-electron chi connectivity index (χ3n) is 9.47. The summed E-state index contributed by atoms with van der Waals surface area (Å²) in [5, 5.41) is 2.33. The van der Waals surface area contributed by atoms with Crippen molar-refractivity contribution in [2.45, 2.75) is 13.3 Å². The van der Waals surface area contributed by atoms with Gasteiger partial charge in [-0.15, -0.1) is 0 Å². The maximum Gasteiger partial charge on any atom is 0.135 e. The van der Waals surface area contributed by atoms with Gasteiger partial charge in [-0.25, -0.2) is 0 Å². The second kappa shape index (κ2) is 10.6. The second-order valence-corrected chi connectivity index (χ2v) is 12.1. The molecule has 2 heterocycles. The molecule has 1 aliphatic heterocycles. The molecule has 0 fully saturated rings. The molecule has 2 heteroatoms. The van der Waals surface area contributed by atoms with E-state index in [1.165, 1.54) is 66.8 Å². The quantitative estimate of drug-likeness (QED) is 0.203. The largest absolute Gasteiger partial charge is 0.456 e. The SMILES string of the molecule is Cc1c(-c2ccccc2Cc2ccc3oc4ccccc4c3c2)ccc2c1-c1ccccc1-c1ccccc1N2c1ccccc1. The Labute approximate surface area is 268 Å². The maximum atomic E-state index is 6.12. The van der Waals surface area contributed by atoms with Crippen molar-refractivity contribution in [2.75, 3.05) is 4.90 Å². The molecule has 0 spiro atoms. The van der Waals surface area contributed by atoms with Gasteiger partial charge in [-0.1, -0.05) is 115 Å². The molecule has 0 atom stereocenters. The predicted octanol–water partition coefficient (Wildman–Crippen LogP) is 12.3. The summed E-state index contributed by atoms with van der Waals surface area (Å²) in [4.78, 5) is 2.43. The number of anilines is 3. The van der Waals surface area contributed by atoms with Crippen molar-refractivity contribution >= 4 is 39.0 Å². The molecule has 0 unspecified atom stereocenters. The summed E-state index contributed by atoms with van der Waals surface area (Å²) in [5.41, 5.74) is 16.8. The summed E-state index contributed by atoms with van der Waals surface area (Å²) in [5.74, 6) is 0. The highest BCUT2D eigenvalue weighted by Crippen LogP contribution is 2.53. The van der Waals surface area contributed by atoms with Crippen LogP contribution in [0.25, 0.3) is 55.3 Å². The maximum absolute atomic E-state index is 6.12. The van der Waals surface area contributed by atoms with Crippen LogP contribution in [0.3, 0.4) is 0 Å². The van der Waals surface area contributed by atoms with Crippen molar-refractivity contribution in [3.05, 3.63) is 174 Å². The molecule has 0 amide bonds. The number of hydrogen-bond donors (Lipinski definition) is 0. The van der Waals surface area contributed by atoms with Crippen molar-refractivity contribution in [2.24, 2.45) is 0 Å². The Bertz CT molecular complexity index is 2420. The van der Waals surface area contributed by atoms with Crippen LogP contribution in [-0.2, 0) is 6.42 Å². The molecule has 0 aliphatic carbocycles. The molecule has 0 N–H and O–H groups in total. The number of hydrogen-bond acceptors (Lipinski definition) is 2. The van der Waals surface area contributed by atoms with Gasteiger partial charge in [-0.2, -0.15) is 0 Å². The molecule has 46 heavy (non-hydrogen) atoms. The van der Waals surface area contributed by atoms with Crippen LogP contribution in [0.1, 0.15) is 16.7 Å². The van der Waals surface area contributed by atoms with Crippen LogP contribution < -0.4 is 4.90 Å². The molecule has 7 aromatic carbocycles. The minimum atomic E-state index is 0.834. The van der Waals surface area contributed by atoms with Gasteiger partial charge >= 0.3 is 0 Å². The Balaban J connectivity index is 1.23. The Morgan fingerprint density at radius 2 is 1.15 bits per heavy atom. The topological polar surface area (TPSA) is 16.4 Å². The van der Waals surface area contributed by atoms with Gasteiger partial charge < -0.3 is 9.32 Å². The van der Waals surface area contributed by atoms with Gasteiger partial charge in [0.1, 0.15) is 11.2 Å². The molecule has 0 saturated carbocycles. The molecular weight excluding hydrogens is 558 g/mol. The first-order valence-electron chi connectivity index (χ1n) is 15.9. The van der Waals surface area contributed by atoms with E-state index in [4.69, 9.17) is 4.42 Å². The first-order valence-corrected chi connectivity index (χ1v) is 15.9. The first kappa shape index (κ1) is 26.5. The molecule has 0 radical (unpaired) electrons. The summed E-state index contributed by atoms with van der Waals surface area (Å²) in [6.45, 7) is 2.30. The summed E-state index contributed by atoms with van der Waals surface area (Å²) >= 11 is 0. The number of rotatable bonds is 4. The zero-order valence-corrected chi connectivity index (χ0v) is 25.6. The Kier molecular flexibility index (Phi) is 6.14. The van der Waals surface area contributed by atoms with Gasteiger partial charge in [0.25, 0.3) is 0 Å². The normalized spacial score (nSPS) is 12.1. The third-order valence-corrected chi connectivity index (χ3v) is 9.47. The Hall–Kier alpha value is -5.86. The number of nitrogens with zero attached hydrogens (tertiary/aromatic N) is 1. The number of fused-ring (bicyclic) bond motifs is 8. The van der Waals surface area contributed by atoms with E-state index in [0.717, 1.165) is 28.7 Å². The van der Waals surface area contributed by atoms with Crippen LogP contribution in [0.5, 0.6) is 0 Å². The number of furan rings is 1. The predicted molar refractivity (Wildman–Crippen MR) is 192 cm³/mol. The highest BCUT2D eigenvalue weighted by molar-refractivity contribution is 6.06. The second-order valence-electron chi connectivity index (χ2n) is 12.1. The third kappa shape index (κ3) is 4.18. The van der Waals surface area contributed by atoms with E-state index in [1.54, 1.807) is 0 Å². The minimum Gasteiger partial charge on any atom is -0.456 e. The monoisotopic (exact) mass is 589 g/mol. The minimum absolute atomic E-state index is 0.834. The van der Waals surface area contributed by atoms with Crippen molar-refractivity contribution in [3.8, 4) is 33.4 Å². The molecule has 9 rings (SSSR count). The lowest BCUT2D eigenvalue weighted by atomic mass is 9.86. The van der Waals surface area contributed by atoms with Crippen LogP contribution in [-0.4, -0.2) is 0 Å². The summed E-state index contributed by atoms with van der Waals surface area (Å²) < 4.78 is 6.12. The lowest BCUT2D eigenvalue weighted by Gasteiger charge is -2.28. The van der Waals surface area contributed by atoms with Gasteiger partial charge in [0.05, 0.1) is 11.4 Å². The molecule has 218 valence electrons. The smallest absolute Gasteiger partial charge is 0.135 e. The summed E-state index contributed by atoms with van der Waals surface area (Å²) in [6.07, 6.45) is 0.834. The number of benzene rings is 7. The first-order chi connectivity index (χ1) is 22.7. The van der Waals surface area contributed by atoms with Crippen molar-refractivity contribution < 1.29 is 4.42 Å². The highest BCUT2D eigenvalue weighted by atomic mass is 16.3. The zero-order valence-electron chi connectivity index (χ0n) is 25.6. The highest BCUT2D eigenvalue weighted by Gasteiger charge is 2.28. The van der Waals surface area contributed by atoms with Gasteiger partial charge in [0.2, 0.25) is 0 Å². The average Bonchev–Trinajstić information content (AvgIpc) is 3.42. The molecule has 1 aromatic heterocycles. The van der Waals surface area contributed by atoms with E-state index >= 15 is 0 Å². The van der Waals surface area contributed by atoms with E-state index in [2.05, 4.69) is 157 Å². The van der Waals surface area contributed by atoms with Crippen molar-refractivity contribution in [1.82, 2.24) is 0 Å². The summed E-state index contributed by atoms with van der Waals surface area (Å²) in [7, 11) is 0. The van der Waals surface area contributed by atoms with E-state index < -0.39 is 0 Å². The van der Waals surface area contributed by atoms with Gasteiger partial charge in [-0.3, -0.25) is 0 Å². The lowest BCUT2D eigenvalue weighted by Crippen LogP contribution is -2.11. The van der Waals surface area contributed by atoms with Crippen molar-refractivity contribution in [1.29, 1.82) is 0 Å². The summed E-state index contributed by atoms with van der Waals surface area (Å²) in [6, 6.07) is 56.8. The van der Waals surface area contributed by atoms with Crippen LogP contribution in [0.15, 0.2) is 162 Å². The molecule has 2 nitrogen and oxygen atoms in total. The lowest BCUT2D eigenvalue weighted by molar-refractivity contribution is 0.669. The Morgan fingerprint density at radius 3 is 2.02 bits per heavy atom. The molecule has 1 aliphatic rings. The van der Waals surface area contributed by atoms with Gasteiger partial charge in [0.15, 0.2) is 0 Å². The molecule has 0 bridgehead atoms. The van der Waals surface area contributed by atoms with Gasteiger partial charge in [0, 0.05) is 27.6 Å². The van der Waals surface area contributed by atoms with Crippen LogP contribution >= 0.6 is 0 Å². The zero-order chi connectivity index (χ0) is 30.6. The van der Waals surface area contributed by atoms with Crippen LogP contribution in [0.2, 0.25) is 0 Å². The molecule has 8 aromatic rings. The molecule has 0 saturated heterocycles. The van der Waals surface area contributed by atoms with E-state index in [9.17, 15) is 0 Å². The molecular formula is C44H31NO. The van der Waals surface area contributed by atoms with Gasteiger partial charge in [-0.05, 0) is 94.8 Å². The van der Waals surface area contributed by atoms with Crippen molar-refractivity contribution in [3.63, 3.8) is 0 Å². The van der Waals surface area contributed by atoms with Crippen LogP contribution in [0, 0.1) is 6.92 Å². The fourth-order valence-electron chi connectivity index (χ4n) is 7.37. The van der Waals surface area contributed by atoms with Crippen LogP contribution in [0.4, 0.5) is 17.1 Å². The van der Waals surface area contributed by atoms with E-state index in [0.29, 0.717) is 0 Å². The number of para-hydroxylation sites is 3. The standard InChI is InChI=1S/C44H31NO/c1-29-33(34-16-6-5-13-31(34)27-30-23-26-43-39(28-30)37-19-10-12-22-42(37)46-43)24-25-41-44(29)38-20-8-7-17-35(38)36-18-9-11-21-40(36)45(41)32-14-3-2-4-15-32/h2-26,28H,27H2,1H3. The average molecular weight is 590 g/mol.